The highest BCUT2D eigenvalue weighted by molar-refractivity contribution is 7.09. The molecule has 0 bridgehead atoms. The highest BCUT2D eigenvalue weighted by Gasteiger charge is 2.32. The van der Waals surface area contributed by atoms with Gasteiger partial charge in [-0.25, -0.2) is 4.98 Å². The Morgan fingerprint density at radius 2 is 2.26 bits per heavy atom. The van der Waals surface area contributed by atoms with Crippen molar-refractivity contribution in [2.75, 3.05) is 6.54 Å². The second-order valence-corrected chi connectivity index (χ2v) is 5.77. The Kier molecular flexibility index (Phi) is 3.34. The molecule has 1 aliphatic heterocycles. The summed E-state index contributed by atoms with van der Waals surface area (Å²) in [5.74, 6) is 0.135. The van der Waals surface area contributed by atoms with Crippen LogP contribution >= 0.6 is 11.3 Å². The molecular weight excluding hydrogens is 256 g/mol. The van der Waals surface area contributed by atoms with Crippen molar-refractivity contribution >= 4 is 17.2 Å². The minimum Gasteiger partial charge on any atom is -0.329 e. The molecule has 1 amide bonds. The van der Waals surface area contributed by atoms with Gasteiger partial charge >= 0.3 is 0 Å². The van der Waals surface area contributed by atoms with Gasteiger partial charge < -0.3 is 4.90 Å². The molecule has 0 spiro atoms. The molecule has 1 aliphatic rings. The SMILES string of the molecule is Cc1ccccc1C(=O)N1CCCC1c1nccs1. The maximum absolute atomic E-state index is 12.7. The molecular formula is C15H16N2OS. The van der Waals surface area contributed by atoms with Crippen LogP contribution in [0, 0.1) is 6.92 Å². The molecule has 0 saturated carbocycles. The number of rotatable bonds is 2. The zero-order chi connectivity index (χ0) is 13.2. The fourth-order valence-corrected chi connectivity index (χ4v) is 3.42. The summed E-state index contributed by atoms with van der Waals surface area (Å²) in [5, 5.41) is 3.03. The molecule has 19 heavy (non-hydrogen) atoms. The van der Waals surface area contributed by atoms with E-state index in [0.29, 0.717) is 0 Å². The Morgan fingerprint density at radius 1 is 1.42 bits per heavy atom. The number of aryl methyl sites for hydroxylation is 1. The molecule has 2 heterocycles. The third-order valence-electron chi connectivity index (χ3n) is 3.63. The van der Waals surface area contributed by atoms with Crippen molar-refractivity contribution in [1.29, 1.82) is 0 Å². The van der Waals surface area contributed by atoms with Crippen molar-refractivity contribution in [2.24, 2.45) is 0 Å². The van der Waals surface area contributed by atoms with Crippen LogP contribution in [0.25, 0.3) is 0 Å². The Labute approximate surface area is 116 Å². The van der Waals surface area contributed by atoms with Gasteiger partial charge in [0.15, 0.2) is 0 Å². The molecule has 0 aliphatic carbocycles. The lowest BCUT2D eigenvalue weighted by Gasteiger charge is -2.23. The van der Waals surface area contributed by atoms with E-state index in [-0.39, 0.29) is 11.9 Å². The standard InChI is InChI=1S/C15H16N2OS/c1-11-5-2-3-6-12(11)15(18)17-9-4-7-13(17)14-16-8-10-19-14/h2-3,5-6,8,10,13H,4,7,9H2,1H3. The Bertz CT molecular complexity index is 580. The average molecular weight is 272 g/mol. The topological polar surface area (TPSA) is 33.2 Å². The van der Waals surface area contributed by atoms with Crippen molar-refractivity contribution in [3.05, 3.63) is 52.0 Å². The number of thiazole rings is 1. The molecule has 98 valence electrons. The second kappa shape index (κ2) is 5.13. The summed E-state index contributed by atoms with van der Waals surface area (Å²) in [7, 11) is 0. The van der Waals surface area contributed by atoms with Crippen molar-refractivity contribution in [2.45, 2.75) is 25.8 Å². The number of carbonyl (C=O) groups is 1. The van der Waals surface area contributed by atoms with Gasteiger partial charge in [-0.15, -0.1) is 11.3 Å². The van der Waals surface area contributed by atoms with E-state index in [1.54, 1.807) is 11.3 Å². The van der Waals surface area contributed by atoms with Crippen molar-refractivity contribution < 1.29 is 4.79 Å². The van der Waals surface area contributed by atoms with E-state index in [0.717, 1.165) is 35.5 Å². The molecule has 3 nitrogen and oxygen atoms in total. The minimum atomic E-state index is 0.135. The first-order valence-electron chi connectivity index (χ1n) is 6.53. The summed E-state index contributed by atoms with van der Waals surface area (Å²) in [6, 6.07) is 7.95. The van der Waals surface area contributed by atoms with E-state index in [9.17, 15) is 4.79 Å². The molecule has 1 aromatic carbocycles. The van der Waals surface area contributed by atoms with Gasteiger partial charge in [-0.05, 0) is 31.4 Å². The lowest BCUT2D eigenvalue weighted by molar-refractivity contribution is 0.0734. The number of nitrogens with zero attached hydrogens (tertiary/aromatic N) is 2. The summed E-state index contributed by atoms with van der Waals surface area (Å²) in [6.45, 7) is 2.82. The summed E-state index contributed by atoms with van der Waals surface area (Å²) in [5.41, 5.74) is 1.85. The van der Waals surface area contributed by atoms with Crippen molar-refractivity contribution in [3.8, 4) is 0 Å². The highest BCUT2D eigenvalue weighted by atomic mass is 32.1. The van der Waals surface area contributed by atoms with Crippen LogP contribution in [0.1, 0.15) is 39.8 Å². The lowest BCUT2D eigenvalue weighted by atomic mass is 10.1. The van der Waals surface area contributed by atoms with E-state index >= 15 is 0 Å². The molecule has 0 N–H and O–H groups in total. The fourth-order valence-electron chi connectivity index (χ4n) is 2.63. The molecule has 1 unspecified atom stereocenters. The number of amides is 1. The highest BCUT2D eigenvalue weighted by Crippen LogP contribution is 2.34. The monoisotopic (exact) mass is 272 g/mol. The number of carbonyl (C=O) groups excluding carboxylic acids is 1. The van der Waals surface area contributed by atoms with E-state index in [4.69, 9.17) is 0 Å². The van der Waals surface area contributed by atoms with Gasteiger partial charge in [0.05, 0.1) is 6.04 Å². The molecule has 1 atom stereocenters. The van der Waals surface area contributed by atoms with Gasteiger partial charge in [0.1, 0.15) is 5.01 Å². The molecule has 3 rings (SSSR count). The molecule has 1 aromatic heterocycles. The van der Waals surface area contributed by atoms with Crippen LogP contribution in [-0.4, -0.2) is 22.3 Å². The number of likely N-dealkylation sites (tertiary alicyclic amines) is 1. The smallest absolute Gasteiger partial charge is 0.254 e. The van der Waals surface area contributed by atoms with Gasteiger partial charge in [0, 0.05) is 23.7 Å². The Balaban J connectivity index is 1.89. The zero-order valence-electron chi connectivity index (χ0n) is 10.9. The van der Waals surface area contributed by atoms with E-state index in [1.165, 1.54) is 0 Å². The predicted octanol–water partition coefficient (Wildman–Crippen LogP) is 3.43. The van der Waals surface area contributed by atoms with Crippen LogP contribution in [0.2, 0.25) is 0 Å². The summed E-state index contributed by atoms with van der Waals surface area (Å²) in [6.07, 6.45) is 3.89. The number of benzene rings is 1. The normalized spacial score (nSPS) is 18.8. The maximum Gasteiger partial charge on any atom is 0.254 e. The first-order chi connectivity index (χ1) is 9.27. The fraction of sp³-hybridized carbons (Fsp3) is 0.333. The van der Waals surface area contributed by atoms with E-state index in [2.05, 4.69) is 4.98 Å². The third-order valence-corrected chi connectivity index (χ3v) is 4.50. The number of aromatic nitrogens is 1. The van der Waals surface area contributed by atoms with Crippen molar-refractivity contribution in [1.82, 2.24) is 9.88 Å². The minimum absolute atomic E-state index is 0.135. The Hall–Kier alpha value is -1.68. The summed E-state index contributed by atoms with van der Waals surface area (Å²) in [4.78, 5) is 19.0. The first kappa shape index (κ1) is 12.4. The largest absolute Gasteiger partial charge is 0.329 e. The predicted molar refractivity (Wildman–Crippen MR) is 76.3 cm³/mol. The second-order valence-electron chi connectivity index (χ2n) is 4.84. The molecule has 1 fully saturated rings. The lowest BCUT2D eigenvalue weighted by Crippen LogP contribution is -2.31. The average Bonchev–Trinajstić information content (AvgIpc) is 3.09. The van der Waals surface area contributed by atoms with Crippen LogP contribution in [0.15, 0.2) is 35.8 Å². The molecule has 1 saturated heterocycles. The van der Waals surface area contributed by atoms with Crippen LogP contribution < -0.4 is 0 Å². The van der Waals surface area contributed by atoms with Gasteiger partial charge in [-0.1, -0.05) is 18.2 Å². The summed E-state index contributed by atoms with van der Waals surface area (Å²) < 4.78 is 0. The van der Waals surface area contributed by atoms with E-state index in [1.807, 2.05) is 47.7 Å². The van der Waals surface area contributed by atoms with Gasteiger partial charge in [0.25, 0.3) is 5.91 Å². The van der Waals surface area contributed by atoms with Gasteiger partial charge in [-0.3, -0.25) is 4.79 Å². The van der Waals surface area contributed by atoms with Crippen LogP contribution in [0.5, 0.6) is 0 Å². The van der Waals surface area contributed by atoms with Gasteiger partial charge in [0.2, 0.25) is 0 Å². The number of hydrogen-bond acceptors (Lipinski definition) is 3. The quantitative estimate of drug-likeness (QED) is 0.839. The molecule has 2 aromatic rings. The van der Waals surface area contributed by atoms with Crippen molar-refractivity contribution in [3.63, 3.8) is 0 Å². The van der Waals surface area contributed by atoms with Gasteiger partial charge in [-0.2, -0.15) is 0 Å². The Morgan fingerprint density at radius 3 is 3.00 bits per heavy atom. The zero-order valence-corrected chi connectivity index (χ0v) is 11.7. The summed E-state index contributed by atoms with van der Waals surface area (Å²) >= 11 is 1.64. The molecule has 4 heteroatoms. The van der Waals surface area contributed by atoms with E-state index < -0.39 is 0 Å². The third kappa shape index (κ3) is 2.28. The maximum atomic E-state index is 12.7. The molecule has 0 radical (unpaired) electrons. The van der Waals surface area contributed by atoms with Crippen LogP contribution in [0.3, 0.4) is 0 Å². The number of hydrogen-bond donors (Lipinski definition) is 0. The van der Waals surface area contributed by atoms with Crippen LogP contribution in [-0.2, 0) is 0 Å². The van der Waals surface area contributed by atoms with Crippen LogP contribution in [0.4, 0.5) is 0 Å². The first-order valence-corrected chi connectivity index (χ1v) is 7.41.